The van der Waals surface area contributed by atoms with Crippen LogP contribution in [0.2, 0.25) is 0 Å². The Hall–Kier alpha value is -0.720. The van der Waals surface area contributed by atoms with E-state index in [1.807, 2.05) is 34.9 Å². The van der Waals surface area contributed by atoms with E-state index in [0.717, 1.165) is 33.4 Å². The molecule has 1 unspecified atom stereocenters. The SMILES string of the molecule is CC1CN(C(=O)c2sc3ccc(Br)cc3c2N)CCS1. The third-order valence-electron chi connectivity index (χ3n) is 3.41. The highest BCUT2D eigenvalue weighted by Gasteiger charge is 2.26. The van der Waals surface area contributed by atoms with Gasteiger partial charge < -0.3 is 10.6 Å². The second-order valence-electron chi connectivity index (χ2n) is 4.92. The molecular formula is C14H15BrN2OS2. The number of nitrogens with two attached hydrogens (primary N) is 1. The molecule has 3 nitrogen and oxygen atoms in total. The number of thioether (sulfide) groups is 1. The minimum Gasteiger partial charge on any atom is -0.397 e. The monoisotopic (exact) mass is 370 g/mol. The topological polar surface area (TPSA) is 46.3 Å². The Morgan fingerprint density at radius 2 is 2.30 bits per heavy atom. The Labute approximate surface area is 134 Å². The van der Waals surface area contributed by atoms with Crippen LogP contribution in [0.1, 0.15) is 16.6 Å². The molecule has 1 atom stereocenters. The summed E-state index contributed by atoms with van der Waals surface area (Å²) < 4.78 is 2.05. The molecule has 1 aliphatic rings. The maximum atomic E-state index is 12.7. The molecule has 2 N–H and O–H groups in total. The van der Waals surface area contributed by atoms with Crippen LogP contribution in [0.15, 0.2) is 22.7 Å². The minimum atomic E-state index is 0.0759. The molecule has 20 heavy (non-hydrogen) atoms. The summed E-state index contributed by atoms with van der Waals surface area (Å²) in [6.45, 7) is 3.78. The number of carbonyl (C=O) groups is 1. The first-order valence-corrected chi connectivity index (χ1v) is 9.10. The summed E-state index contributed by atoms with van der Waals surface area (Å²) in [6, 6.07) is 5.96. The lowest BCUT2D eigenvalue weighted by Gasteiger charge is -2.30. The van der Waals surface area contributed by atoms with Gasteiger partial charge in [0.25, 0.3) is 5.91 Å². The smallest absolute Gasteiger partial charge is 0.266 e. The average molecular weight is 371 g/mol. The van der Waals surface area contributed by atoms with Crippen molar-refractivity contribution >= 4 is 60.7 Å². The second-order valence-corrected chi connectivity index (χ2v) is 8.43. The third-order valence-corrected chi connectivity index (χ3v) is 6.22. The lowest BCUT2D eigenvalue weighted by Crippen LogP contribution is -2.40. The highest BCUT2D eigenvalue weighted by molar-refractivity contribution is 9.10. The van der Waals surface area contributed by atoms with E-state index in [0.29, 0.717) is 15.8 Å². The quantitative estimate of drug-likeness (QED) is 0.829. The molecule has 1 saturated heterocycles. The predicted octanol–water partition coefficient (Wildman–Crippen LogP) is 3.82. The molecule has 0 radical (unpaired) electrons. The zero-order valence-corrected chi connectivity index (χ0v) is 14.3. The van der Waals surface area contributed by atoms with E-state index < -0.39 is 0 Å². The molecule has 3 rings (SSSR count). The summed E-state index contributed by atoms with van der Waals surface area (Å²) in [5.41, 5.74) is 6.80. The standard InChI is InChI=1S/C14H15BrN2OS2/c1-8-7-17(4-5-19-8)14(18)13-12(16)10-6-9(15)2-3-11(10)20-13/h2-3,6,8H,4-5,7,16H2,1H3. The Balaban J connectivity index is 1.97. The molecule has 0 aliphatic carbocycles. The van der Waals surface area contributed by atoms with Gasteiger partial charge in [0.2, 0.25) is 0 Å². The van der Waals surface area contributed by atoms with Gasteiger partial charge in [0.1, 0.15) is 4.88 Å². The van der Waals surface area contributed by atoms with Crippen molar-refractivity contribution < 1.29 is 4.79 Å². The van der Waals surface area contributed by atoms with Crippen molar-refractivity contribution in [3.05, 3.63) is 27.5 Å². The first-order valence-electron chi connectivity index (χ1n) is 6.44. The van der Waals surface area contributed by atoms with Crippen molar-refractivity contribution in [2.45, 2.75) is 12.2 Å². The fourth-order valence-electron chi connectivity index (χ4n) is 2.39. The van der Waals surface area contributed by atoms with Crippen LogP contribution in [0.4, 0.5) is 5.69 Å². The van der Waals surface area contributed by atoms with Crippen molar-refractivity contribution in [3.8, 4) is 0 Å². The van der Waals surface area contributed by atoms with Crippen molar-refractivity contribution in [3.63, 3.8) is 0 Å². The molecule has 2 aromatic rings. The number of fused-ring (bicyclic) bond motifs is 1. The zero-order chi connectivity index (χ0) is 14.3. The number of anilines is 1. The van der Waals surface area contributed by atoms with E-state index >= 15 is 0 Å². The number of halogens is 1. The Kier molecular flexibility index (Phi) is 3.97. The highest BCUT2D eigenvalue weighted by atomic mass is 79.9. The van der Waals surface area contributed by atoms with Crippen molar-refractivity contribution in [2.75, 3.05) is 24.6 Å². The molecule has 1 aromatic carbocycles. The van der Waals surface area contributed by atoms with Crippen molar-refractivity contribution in [1.82, 2.24) is 4.90 Å². The number of amides is 1. The number of carbonyl (C=O) groups excluding carboxylic acids is 1. The number of hydrogen-bond donors (Lipinski definition) is 1. The zero-order valence-electron chi connectivity index (χ0n) is 11.1. The molecule has 6 heteroatoms. The fraction of sp³-hybridized carbons (Fsp3) is 0.357. The van der Waals surface area contributed by atoms with Crippen molar-refractivity contribution in [1.29, 1.82) is 0 Å². The average Bonchev–Trinajstić information content (AvgIpc) is 2.75. The number of rotatable bonds is 1. The summed E-state index contributed by atoms with van der Waals surface area (Å²) in [7, 11) is 0. The van der Waals surface area contributed by atoms with Gasteiger partial charge in [-0.15, -0.1) is 11.3 Å². The molecular weight excluding hydrogens is 356 g/mol. The van der Waals surface area contributed by atoms with Crippen LogP contribution in [-0.2, 0) is 0 Å². The van der Waals surface area contributed by atoms with Gasteiger partial charge >= 0.3 is 0 Å². The molecule has 2 heterocycles. The van der Waals surface area contributed by atoms with Crippen LogP contribution in [0, 0.1) is 0 Å². The number of thiophene rings is 1. The highest BCUT2D eigenvalue weighted by Crippen LogP contribution is 2.36. The first kappa shape index (κ1) is 14.2. The molecule has 1 aromatic heterocycles. The summed E-state index contributed by atoms with van der Waals surface area (Å²) in [5.74, 6) is 1.08. The maximum absolute atomic E-state index is 12.7. The predicted molar refractivity (Wildman–Crippen MR) is 91.8 cm³/mol. The number of nitrogens with zero attached hydrogens (tertiary/aromatic N) is 1. The van der Waals surface area contributed by atoms with Gasteiger partial charge in [-0.2, -0.15) is 11.8 Å². The van der Waals surface area contributed by atoms with Gasteiger partial charge in [-0.25, -0.2) is 0 Å². The third kappa shape index (κ3) is 2.56. The van der Waals surface area contributed by atoms with Crippen LogP contribution in [0.3, 0.4) is 0 Å². The minimum absolute atomic E-state index is 0.0759. The summed E-state index contributed by atoms with van der Waals surface area (Å²) in [6.07, 6.45) is 0. The van der Waals surface area contributed by atoms with Crippen LogP contribution in [0.5, 0.6) is 0 Å². The molecule has 1 amide bonds. The maximum Gasteiger partial charge on any atom is 0.266 e. The fourth-order valence-corrected chi connectivity index (χ4v) is 4.84. The lowest BCUT2D eigenvalue weighted by molar-refractivity contribution is 0.0769. The van der Waals surface area contributed by atoms with E-state index in [1.54, 1.807) is 0 Å². The van der Waals surface area contributed by atoms with E-state index in [1.165, 1.54) is 11.3 Å². The van der Waals surface area contributed by atoms with Gasteiger partial charge in [-0.3, -0.25) is 4.79 Å². The van der Waals surface area contributed by atoms with Crippen molar-refractivity contribution in [2.24, 2.45) is 0 Å². The molecule has 0 saturated carbocycles. The normalized spacial score (nSPS) is 19.5. The van der Waals surface area contributed by atoms with Gasteiger partial charge in [0.15, 0.2) is 0 Å². The van der Waals surface area contributed by atoms with Gasteiger partial charge in [-0.1, -0.05) is 22.9 Å². The molecule has 0 spiro atoms. The van der Waals surface area contributed by atoms with E-state index in [4.69, 9.17) is 5.73 Å². The number of hydrogen-bond acceptors (Lipinski definition) is 4. The Bertz CT molecular complexity index is 670. The molecule has 1 fully saturated rings. The Morgan fingerprint density at radius 1 is 1.50 bits per heavy atom. The van der Waals surface area contributed by atoms with Crippen LogP contribution >= 0.6 is 39.0 Å². The van der Waals surface area contributed by atoms with E-state index in [2.05, 4.69) is 22.9 Å². The lowest BCUT2D eigenvalue weighted by atomic mass is 10.2. The van der Waals surface area contributed by atoms with Crippen LogP contribution in [-0.4, -0.2) is 34.9 Å². The Morgan fingerprint density at radius 3 is 3.05 bits per heavy atom. The molecule has 1 aliphatic heterocycles. The second kappa shape index (κ2) is 5.58. The summed E-state index contributed by atoms with van der Waals surface area (Å²) in [4.78, 5) is 15.3. The van der Waals surface area contributed by atoms with Crippen LogP contribution < -0.4 is 5.73 Å². The van der Waals surface area contributed by atoms with Gasteiger partial charge in [-0.05, 0) is 18.2 Å². The van der Waals surface area contributed by atoms with Gasteiger partial charge in [0.05, 0.1) is 5.69 Å². The number of nitrogen functional groups attached to an aromatic ring is 1. The van der Waals surface area contributed by atoms with Gasteiger partial charge in [0, 0.05) is 38.7 Å². The first-order chi connectivity index (χ1) is 9.56. The summed E-state index contributed by atoms with van der Waals surface area (Å²) in [5, 5.41) is 1.46. The number of benzene rings is 1. The van der Waals surface area contributed by atoms with E-state index in [9.17, 15) is 4.79 Å². The molecule has 106 valence electrons. The van der Waals surface area contributed by atoms with E-state index in [-0.39, 0.29) is 5.91 Å². The summed E-state index contributed by atoms with van der Waals surface area (Å²) >= 11 is 6.86. The van der Waals surface area contributed by atoms with Crippen LogP contribution in [0.25, 0.3) is 10.1 Å². The largest absolute Gasteiger partial charge is 0.397 e. The molecule has 0 bridgehead atoms.